The van der Waals surface area contributed by atoms with E-state index in [0.29, 0.717) is 21.9 Å². The molecule has 0 radical (unpaired) electrons. The fraction of sp³-hybridized carbons (Fsp3) is 0.435. The Morgan fingerprint density at radius 3 is 2.23 bits per heavy atom. The van der Waals surface area contributed by atoms with E-state index in [2.05, 4.69) is 13.0 Å². The third kappa shape index (κ3) is 6.17. The summed E-state index contributed by atoms with van der Waals surface area (Å²) in [6.07, 6.45) is 10.0. The molecule has 0 atom stereocenters. The average Bonchev–Trinajstić information content (AvgIpc) is 2.67. The summed E-state index contributed by atoms with van der Waals surface area (Å²) in [4.78, 5) is 12.8. The summed E-state index contributed by atoms with van der Waals surface area (Å²) in [5.74, 6) is 0.591. The Labute approximate surface area is 162 Å². The molecule has 2 nitrogen and oxygen atoms in total. The lowest BCUT2D eigenvalue weighted by Gasteiger charge is -2.10. The highest BCUT2D eigenvalue weighted by atomic mass is 35.5. The van der Waals surface area contributed by atoms with Crippen molar-refractivity contribution in [3.63, 3.8) is 0 Å². The zero-order chi connectivity index (χ0) is 18.8. The van der Waals surface area contributed by atoms with E-state index in [0.717, 1.165) is 12.8 Å². The molecule has 26 heavy (non-hydrogen) atoms. The third-order valence-corrected chi connectivity index (χ3v) is 4.94. The SMILES string of the molecule is CCCCCCCCCc1ccc(OC)c(C(=O)c2ccc(Cl)cc2)c1. The number of unbranched alkanes of at least 4 members (excludes halogenated alkanes) is 6. The van der Waals surface area contributed by atoms with Crippen molar-refractivity contribution in [1.29, 1.82) is 0 Å². The predicted molar refractivity (Wildman–Crippen MR) is 110 cm³/mol. The van der Waals surface area contributed by atoms with Gasteiger partial charge in [0.25, 0.3) is 0 Å². The zero-order valence-corrected chi connectivity index (χ0v) is 16.6. The van der Waals surface area contributed by atoms with Gasteiger partial charge in [0.15, 0.2) is 5.78 Å². The van der Waals surface area contributed by atoms with Crippen molar-refractivity contribution in [3.8, 4) is 5.75 Å². The van der Waals surface area contributed by atoms with Gasteiger partial charge in [-0.3, -0.25) is 4.79 Å². The Bertz CT molecular complexity index is 692. The van der Waals surface area contributed by atoms with E-state index < -0.39 is 0 Å². The smallest absolute Gasteiger partial charge is 0.196 e. The maximum atomic E-state index is 12.8. The Morgan fingerprint density at radius 2 is 1.58 bits per heavy atom. The molecule has 3 heteroatoms. The van der Waals surface area contributed by atoms with Crippen LogP contribution >= 0.6 is 11.6 Å². The van der Waals surface area contributed by atoms with Crippen LogP contribution in [0.5, 0.6) is 5.75 Å². The second-order valence-electron chi connectivity index (χ2n) is 6.74. The van der Waals surface area contributed by atoms with Gasteiger partial charge in [0.05, 0.1) is 12.7 Å². The molecule has 0 fully saturated rings. The van der Waals surface area contributed by atoms with Gasteiger partial charge in [-0.1, -0.05) is 63.1 Å². The van der Waals surface area contributed by atoms with Crippen molar-refractivity contribution in [2.75, 3.05) is 7.11 Å². The number of hydrogen-bond acceptors (Lipinski definition) is 2. The van der Waals surface area contributed by atoms with Crippen LogP contribution in [0.25, 0.3) is 0 Å². The third-order valence-electron chi connectivity index (χ3n) is 4.68. The number of ketones is 1. The van der Waals surface area contributed by atoms with Crippen LogP contribution in [0.15, 0.2) is 42.5 Å². The molecule has 0 N–H and O–H groups in total. The molecule has 0 aromatic heterocycles. The maximum Gasteiger partial charge on any atom is 0.196 e. The van der Waals surface area contributed by atoms with Gasteiger partial charge in [-0.15, -0.1) is 0 Å². The Kier molecular flexibility index (Phi) is 8.70. The summed E-state index contributed by atoms with van der Waals surface area (Å²) in [7, 11) is 1.60. The van der Waals surface area contributed by atoms with Crippen molar-refractivity contribution in [2.45, 2.75) is 58.3 Å². The van der Waals surface area contributed by atoms with E-state index in [1.54, 1.807) is 31.4 Å². The first kappa shape index (κ1) is 20.5. The summed E-state index contributed by atoms with van der Waals surface area (Å²) in [5, 5.41) is 0.626. The molecule has 0 spiro atoms. The van der Waals surface area contributed by atoms with E-state index in [4.69, 9.17) is 16.3 Å². The van der Waals surface area contributed by atoms with Gasteiger partial charge in [-0.2, -0.15) is 0 Å². The summed E-state index contributed by atoms with van der Waals surface area (Å²) >= 11 is 5.92. The van der Waals surface area contributed by atoms with Gasteiger partial charge in [0, 0.05) is 10.6 Å². The first-order valence-corrected chi connectivity index (χ1v) is 10.0. The number of methoxy groups -OCH3 is 1. The minimum absolute atomic E-state index is 0.0278. The normalized spacial score (nSPS) is 10.7. The van der Waals surface area contributed by atoms with E-state index >= 15 is 0 Å². The number of hydrogen-bond donors (Lipinski definition) is 0. The van der Waals surface area contributed by atoms with Crippen molar-refractivity contribution < 1.29 is 9.53 Å². The van der Waals surface area contributed by atoms with Crippen LogP contribution in [0.3, 0.4) is 0 Å². The molecule has 0 unspecified atom stereocenters. The largest absolute Gasteiger partial charge is 0.496 e. The Hall–Kier alpha value is -1.80. The first-order chi connectivity index (χ1) is 12.7. The molecule has 2 rings (SSSR count). The molecule has 0 aliphatic heterocycles. The van der Waals surface area contributed by atoms with Gasteiger partial charge in [-0.05, 0) is 54.8 Å². The van der Waals surface area contributed by atoms with Crippen molar-refractivity contribution in [3.05, 3.63) is 64.2 Å². The quantitative estimate of drug-likeness (QED) is 0.317. The highest BCUT2D eigenvalue weighted by Gasteiger charge is 2.15. The second kappa shape index (κ2) is 11.0. The zero-order valence-electron chi connectivity index (χ0n) is 15.9. The van der Waals surface area contributed by atoms with Gasteiger partial charge >= 0.3 is 0 Å². The highest BCUT2D eigenvalue weighted by Crippen LogP contribution is 2.25. The minimum Gasteiger partial charge on any atom is -0.496 e. The topological polar surface area (TPSA) is 26.3 Å². The standard InChI is InChI=1S/C23H29ClO2/c1-3-4-5-6-7-8-9-10-18-11-16-22(26-2)21(17-18)23(25)19-12-14-20(24)15-13-19/h11-17H,3-10H2,1-2H3. The Morgan fingerprint density at radius 1 is 0.923 bits per heavy atom. The molecule has 0 heterocycles. The number of aryl methyl sites for hydroxylation is 1. The molecule has 140 valence electrons. The van der Waals surface area contributed by atoms with Crippen LogP contribution in [-0.4, -0.2) is 12.9 Å². The number of carbonyl (C=O) groups is 1. The minimum atomic E-state index is -0.0278. The highest BCUT2D eigenvalue weighted by molar-refractivity contribution is 6.30. The van der Waals surface area contributed by atoms with Gasteiger partial charge in [0.2, 0.25) is 0 Å². The van der Waals surface area contributed by atoms with E-state index in [1.165, 1.54) is 44.1 Å². The lowest BCUT2D eigenvalue weighted by molar-refractivity contribution is 0.103. The monoisotopic (exact) mass is 372 g/mol. The van der Waals surface area contributed by atoms with Gasteiger partial charge in [0.1, 0.15) is 5.75 Å². The molecule has 0 saturated carbocycles. The number of benzene rings is 2. The number of halogens is 1. The number of rotatable bonds is 11. The van der Waals surface area contributed by atoms with Crippen LogP contribution in [0.1, 0.15) is 73.4 Å². The molecule has 0 amide bonds. The number of ether oxygens (including phenoxy) is 1. The molecule has 0 aliphatic rings. The average molecular weight is 373 g/mol. The van der Waals surface area contributed by atoms with Gasteiger partial charge in [-0.25, -0.2) is 0 Å². The summed E-state index contributed by atoms with van der Waals surface area (Å²) in [6.45, 7) is 2.24. The van der Waals surface area contributed by atoms with Gasteiger partial charge < -0.3 is 4.74 Å². The fourth-order valence-corrected chi connectivity index (χ4v) is 3.26. The van der Waals surface area contributed by atoms with Crippen LogP contribution in [-0.2, 0) is 6.42 Å². The van der Waals surface area contributed by atoms with E-state index in [1.807, 2.05) is 12.1 Å². The molecule has 0 bridgehead atoms. The van der Waals surface area contributed by atoms with Crippen LogP contribution in [0.2, 0.25) is 5.02 Å². The van der Waals surface area contributed by atoms with Crippen molar-refractivity contribution in [2.24, 2.45) is 0 Å². The predicted octanol–water partition coefficient (Wildman–Crippen LogP) is 6.87. The van der Waals surface area contributed by atoms with Crippen LogP contribution in [0, 0.1) is 0 Å². The fourth-order valence-electron chi connectivity index (χ4n) is 3.13. The number of carbonyl (C=O) groups excluding carboxylic acids is 1. The molecular weight excluding hydrogens is 344 g/mol. The first-order valence-electron chi connectivity index (χ1n) is 9.63. The molecule has 0 saturated heterocycles. The van der Waals surface area contributed by atoms with Crippen molar-refractivity contribution in [1.82, 2.24) is 0 Å². The van der Waals surface area contributed by atoms with E-state index in [9.17, 15) is 4.79 Å². The summed E-state index contributed by atoms with van der Waals surface area (Å²) in [5.41, 5.74) is 2.44. The second-order valence-corrected chi connectivity index (χ2v) is 7.18. The lowest BCUT2D eigenvalue weighted by atomic mass is 9.97. The van der Waals surface area contributed by atoms with Crippen LogP contribution < -0.4 is 4.74 Å². The Balaban J connectivity index is 1.99. The van der Waals surface area contributed by atoms with E-state index in [-0.39, 0.29) is 5.78 Å². The summed E-state index contributed by atoms with van der Waals surface area (Å²) < 4.78 is 5.40. The molecular formula is C23H29ClO2. The molecule has 0 aliphatic carbocycles. The van der Waals surface area contributed by atoms with Crippen LogP contribution in [0.4, 0.5) is 0 Å². The summed E-state index contributed by atoms with van der Waals surface area (Å²) in [6, 6.07) is 12.9. The van der Waals surface area contributed by atoms with Crippen molar-refractivity contribution >= 4 is 17.4 Å². The molecule has 2 aromatic rings. The molecule has 2 aromatic carbocycles. The maximum absolute atomic E-state index is 12.8. The lowest BCUT2D eigenvalue weighted by Crippen LogP contribution is -2.05.